The van der Waals surface area contributed by atoms with Gasteiger partial charge in [0.2, 0.25) is 0 Å². The van der Waals surface area contributed by atoms with Crippen molar-refractivity contribution < 1.29 is 0 Å². The van der Waals surface area contributed by atoms with Gasteiger partial charge >= 0.3 is 0 Å². The van der Waals surface area contributed by atoms with E-state index in [0.29, 0.717) is 6.54 Å². The SMILES string of the molecule is CCNC(=NCc1ccnc(-n2cccn2)c1)NCCc1ncc(CC)s1. The van der Waals surface area contributed by atoms with Gasteiger partial charge in [0.15, 0.2) is 11.8 Å². The third-order valence-corrected chi connectivity index (χ3v) is 5.10. The summed E-state index contributed by atoms with van der Waals surface area (Å²) in [5.74, 6) is 1.60. The van der Waals surface area contributed by atoms with Crippen molar-refractivity contribution in [2.24, 2.45) is 4.99 Å². The number of thiazole rings is 1. The summed E-state index contributed by atoms with van der Waals surface area (Å²) >= 11 is 1.78. The van der Waals surface area contributed by atoms with Crippen LogP contribution in [0, 0.1) is 0 Å². The summed E-state index contributed by atoms with van der Waals surface area (Å²) in [5.41, 5.74) is 1.08. The highest BCUT2D eigenvalue weighted by Crippen LogP contribution is 2.13. The van der Waals surface area contributed by atoms with E-state index in [9.17, 15) is 0 Å². The van der Waals surface area contributed by atoms with Gasteiger partial charge in [0.05, 0.1) is 11.6 Å². The van der Waals surface area contributed by atoms with Crippen LogP contribution in [-0.4, -0.2) is 38.8 Å². The van der Waals surface area contributed by atoms with Crippen molar-refractivity contribution in [2.45, 2.75) is 33.2 Å². The van der Waals surface area contributed by atoms with Crippen molar-refractivity contribution in [1.29, 1.82) is 0 Å². The average molecular weight is 384 g/mol. The van der Waals surface area contributed by atoms with E-state index in [0.717, 1.165) is 48.3 Å². The lowest BCUT2D eigenvalue weighted by Crippen LogP contribution is -2.38. The van der Waals surface area contributed by atoms with Gasteiger partial charge in [-0.2, -0.15) is 5.10 Å². The molecule has 0 aromatic carbocycles. The first-order chi connectivity index (χ1) is 13.3. The molecule has 7 nitrogen and oxygen atoms in total. The lowest BCUT2D eigenvalue weighted by atomic mass is 10.2. The van der Waals surface area contributed by atoms with Crippen LogP contribution < -0.4 is 10.6 Å². The molecule has 0 aliphatic carbocycles. The Labute approximate surface area is 163 Å². The molecule has 0 atom stereocenters. The third-order valence-electron chi connectivity index (χ3n) is 3.89. The second kappa shape index (κ2) is 9.82. The fraction of sp³-hybridized carbons (Fsp3) is 0.368. The molecule has 142 valence electrons. The molecule has 0 saturated carbocycles. The first kappa shape index (κ1) is 19.0. The Morgan fingerprint density at radius 1 is 1.22 bits per heavy atom. The van der Waals surface area contributed by atoms with Crippen LogP contribution in [0.5, 0.6) is 0 Å². The van der Waals surface area contributed by atoms with Gasteiger partial charge in [-0.1, -0.05) is 6.92 Å². The van der Waals surface area contributed by atoms with Gasteiger partial charge in [0, 0.05) is 49.2 Å². The van der Waals surface area contributed by atoms with Crippen LogP contribution in [0.25, 0.3) is 5.82 Å². The van der Waals surface area contributed by atoms with Gasteiger partial charge in [0.1, 0.15) is 0 Å². The fourth-order valence-corrected chi connectivity index (χ4v) is 3.38. The van der Waals surface area contributed by atoms with Crippen molar-refractivity contribution in [2.75, 3.05) is 13.1 Å². The summed E-state index contributed by atoms with van der Waals surface area (Å²) in [6.45, 7) is 6.41. The number of aryl methyl sites for hydroxylation is 1. The first-order valence-corrected chi connectivity index (χ1v) is 10.0. The van der Waals surface area contributed by atoms with Crippen LogP contribution in [0.1, 0.15) is 29.3 Å². The van der Waals surface area contributed by atoms with Gasteiger partial charge < -0.3 is 10.6 Å². The molecular formula is C19H25N7S. The van der Waals surface area contributed by atoms with Crippen LogP contribution in [0.2, 0.25) is 0 Å². The van der Waals surface area contributed by atoms with Crippen LogP contribution in [0.15, 0.2) is 48.0 Å². The summed E-state index contributed by atoms with van der Waals surface area (Å²) in [6.07, 6.45) is 9.32. The monoisotopic (exact) mass is 383 g/mol. The summed E-state index contributed by atoms with van der Waals surface area (Å²) in [4.78, 5) is 14.8. The van der Waals surface area contributed by atoms with E-state index in [1.54, 1.807) is 28.4 Å². The zero-order valence-electron chi connectivity index (χ0n) is 15.7. The largest absolute Gasteiger partial charge is 0.357 e. The predicted octanol–water partition coefficient (Wildman–Crippen LogP) is 2.58. The molecule has 3 rings (SSSR count). The molecule has 0 aliphatic heterocycles. The number of aliphatic imine (C=N–C) groups is 1. The molecule has 0 fully saturated rings. The fourth-order valence-electron chi connectivity index (χ4n) is 2.52. The molecule has 0 spiro atoms. The summed E-state index contributed by atoms with van der Waals surface area (Å²) in [6, 6.07) is 5.86. The number of nitrogens with zero attached hydrogens (tertiary/aromatic N) is 5. The molecule has 0 radical (unpaired) electrons. The third kappa shape index (κ3) is 5.62. The minimum absolute atomic E-state index is 0.573. The number of nitrogens with one attached hydrogen (secondary N) is 2. The Morgan fingerprint density at radius 3 is 2.89 bits per heavy atom. The quantitative estimate of drug-likeness (QED) is 0.462. The lowest BCUT2D eigenvalue weighted by Gasteiger charge is -2.11. The van der Waals surface area contributed by atoms with E-state index in [1.807, 2.05) is 30.6 Å². The topological polar surface area (TPSA) is 80.0 Å². The molecule has 27 heavy (non-hydrogen) atoms. The van der Waals surface area contributed by atoms with E-state index in [2.05, 4.69) is 44.5 Å². The molecule has 3 heterocycles. The molecular weight excluding hydrogens is 358 g/mol. The van der Waals surface area contributed by atoms with Gasteiger partial charge in [-0.3, -0.25) is 0 Å². The molecule has 0 aliphatic rings. The second-order valence-electron chi connectivity index (χ2n) is 5.92. The van der Waals surface area contributed by atoms with Crippen LogP contribution in [-0.2, 0) is 19.4 Å². The number of aromatic nitrogens is 4. The second-order valence-corrected chi connectivity index (χ2v) is 7.12. The molecule has 3 aromatic rings. The molecule has 0 bridgehead atoms. The van der Waals surface area contributed by atoms with Crippen LogP contribution in [0.3, 0.4) is 0 Å². The molecule has 0 unspecified atom stereocenters. The molecule has 0 saturated heterocycles. The van der Waals surface area contributed by atoms with Crippen molar-refractivity contribution in [3.05, 3.63) is 58.4 Å². The Balaban J connectivity index is 1.57. The van der Waals surface area contributed by atoms with Crippen LogP contribution >= 0.6 is 11.3 Å². The Morgan fingerprint density at radius 2 is 2.15 bits per heavy atom. The number of guanidine groups is 1. The molecule has 2 N–H and O–H groups in total. The van der Waals surface area contributed by atoms with Crippen molar-refractivity contribution in [1.82, 2.24) is 30.4 Å². The molecule has 0 amide bonds. The highest BCUT2D eigenvalue weighted by molar-refractivity contribution is 7.11. The van der Waals surface area contributed by atoms with E-state index in [4.69, 9.17) is 0 Å². The normalized spacial score (nSPS) is 11.6. The smallest absolute Gasteiger partial charge is 0.191 e. The minimum atomic E-state index is 0.573. The van der Waals surface area contributed by atoms with Gasteiger partial charge in [0.25, 0.3) is 0 Å². The van der Waals surface area contributed by atoms with Gasteiger partial charge in [-0.15, -0.1) is 11.3 Å². The van der Waals surface area contributed by atoms with E-state index in [-0.39, 0.29) is 0 Å². The van der Waals surface area contributed by atoms with Crippen molar-refractivity contribution >= 4 is 17.3 Å². The number of hydrogen-bond acceptors (Lipinski definition) is 5. The lowest BCUT2D eigenvalue weighted by molar-refractivity contribution is 0.795. The Kier molecular flexibility index (Phi) is 6.92. The van der Waals surface area contributed by atoms with Gasteiger partial charge in [-0.25, -0.2) is 19.6 Å². The van der Waals surface area contributed by atoms with E-state index >= 15 is 0 Å². The zero-order chi connectivity index (χ0) is 18.9. The predicted molar refractivity (Wildman–Crippen MR) is 109 cm³/mol. The van der Waals surface area contributed by atoms with Crippen molar-refractivity contribution in [3.63, 3.8) is 0 Å². The summed E-state index contributed by atoms with van der Waals surface area (Å²) < 4.78 is 1.75. The number of hydrogen-bond donors (Lipinski definition) is 2. The van der Waals surface area contributed by atoms with Crippen LogP contribution in [0.4, 0.5) is 0 Å². The zero-order valence-corrected chi connectivity index (χ0v) is 16.5. The van der Waals surface area contributed by atoms with Gasteiger partial charge in [-0.05, 0) is 37.1 Å². The molecule has 8 heteroatoms. The van der Waals surface area contributed by atoms with E-state index in [1.165, 1.54) is 4.88 Å². The highest BCUT2D eigenvalue weighted by atomic mass is 32.1. The Hall–Kier alpha value is -2.74. The summed E-state index contributed by atoms with van der Waals surface area (Å²) in [5, 5.41) is 12.0. The van der Waals surface area contributed by atoms with E-state index < -0.39 is 0 Å². The maximum atomic E-state index is 4.68. The first-order valence-electron chi connectivity index (χ1n) is 9.19. The number of pyridine rings is 1. The maximum Gasteiger partial charge on any atom is 0.191 e. The average Bonchev–Trinajstić information content (AvgIpc) is 3.38. The number of rotatable bonds is 8. The van der Waals surface area contributed by atoms with Crippen molar-refractivity contribution in [3.8, 4) is 5.82 Å². The molecule has 3 aromatic heterocycles. The maximum absolute atomic E-state index is 4.68. The Bertz CT molecular complexity index is 855. The minimum Gasteiger partial charge on any atom is -0.357 e. The standard InChI is InChI=1S/C19H25N7S/c1-3-16-14-23-18(27-16)7-10-22-19(20-4-2)24-13-15-6-9-21-17(12-15)26-11-5-8-25-26/h5-6,8-9,11-12,14H,3-4,7,10,13H2,1-2H3,(H2,20,22,24). The summed E-state index contributed by atoms with van der Waals surface area (Å²) in [7, 11) is 0. The highest BCUT2D eigenvalue weighted by Gasteiger charge is 2.03.